The molecule has 106 valence electrons. The van der Waals surface area contributed by atoms with Gasteiger partial charge in [0.05, 0.1) is 5.52 Å². The molecular formula is C17H23N3. The van der Waals surface area contributed by atoms with Crippen LogP contribution in [0.1, 0.15) is 44.2 Å². The molecule has 3 nitrogen and oxygen atoms in total. The number of nitrogens with one attached hydrogen (secondary N) is 3. The number of rotatable bonds is 3. The zero-order valence-corrected chi connectivity index (χ0v) is 11.9. The molecule has 4 aliphatic carbocycles. The first-order chi connectivity index (χ1) is 9.78. The van der Waals surface area contributed by atoms with E-state index in [2.05, 4.69) is 27.5 Å². The van der Waals surface area contributed by atoms with Gasteiger partial charge in [0.15, 0.2) is 0 Å². The van der Waals surface area contributed by atoms with Gasteiger partial charge in [-0.15, -0.1) is 0 Å². The molecule has 20 heavy (non-hydrogen) atoms. The van der Waals surface area contributed by atoms with Crippen LogP contribution in [0.25, 0.3) is 10.9 Å². The summed E-state index contributed by atoms with van der Waals surface area (Å²) >= 11 is 0. The molecule has 4 aliphatic rings. The molecule has 0 aromatic carbocycles. The zero-order chi connectivity index (χ0) is 13.2. The Morgan fingerprint density at radius 2 is 1.75 bits per heavy atom. The van der Waals surface area contributed by atoms with Crippen LogP contribution >= 0.6 is 0 Å². The smallest absolute Gasteiger partial charge is 0.0634 e. The monoisotopic (exact) mass is 269 g/mol. The molecule has 6 rings (SSSR count). The molecule has 0 radical (unpaired) electrons. The van der Waals surface area contributed by atoms with Crippen LogP contribution in [0.15, 0.2) is 18.5 Å². The largest absolute Gasteiger partial charge is 0.365 e. The summed E-state index contributed by atoms with van der Waals surface area (Å²) < 4.78 is 0. The highest BCUT2D eigenvalue weighted by atomic mass is 15.0. The van der Waals surface area contributed by atoms with Gasteiger partial charge in [0.2, 0.25) is 0 Å². The fourth-order valence-electron chi connectivity index (χ4n) is 5.71. The van der Waals surface area contributed by atoms with Crippen molar-refractivity contribution in [3.63, 3.8) is 0 Å². The lowest BCUT2D eigenvalue weighted by Gasteiger charge is -2.57. The van der Waals surface area contributed by atoms with Crippen molar-refractivity contribution >= 4 is 10.9 Å². The average Bonchev–Trinajstić information content (AvgIpc) is 2.95. The van der Waals surface area contributed by atoms with E-state index in [4.69, 9.17) is 0 Å². The number of hydrogen-bond acceptors (Lipinski definition) is 1. The van der Waals surface area contributed by atoms with Gasteiger partial charge >= 0.3 is 0 Å². The van der Waals surface area contributed by atoms with E-state index in [1.807, 2.05) is 6.20 Å². The molecule has 2 heterocycles. The van der Waals surface area contributed by atoms with Crippen LogP contribution in [0, 0.1) is 17.8 Å². The summed E-state index contributed by atoms with van der Waals surface area (Å²) in [5.74, 6) is 3.06. The van der Waals surface area contributed by atoms with E-state index in [9.17, 15) is 0 Å². The Bertz CT molecular complexity index is 572. The fraction of sp³-hybridized carbons (Fsp3) is 0.647. The maximum atomic E-state index is 3.95. The summed E-state index contributed by atoms with van der Waals surface area (Å²) in [7, 11) is 0. The highest BCUT2D eigenvalue weighted by Crippen LogP contribution is 2.55. The zero-order valence-electron chi connectivity index (χ0n) is 11.9. The van der Waals surface area contributed by atoms with Crippen LogP contribution in [0.5, 0.6) is 0 Å². The lowest BCUT2D eigenvalue weighted by Crippen LogP contribution is -2.58. The SMILES string of the molecule is c1[nH]cc2[nH]c(CNC34CC5CC(CC(C5)C3)C4)cc12. The number of H-pyrrole nitrogens is 2. The maximum Gasteiger partial charge on any atom is 0.0634 e. The van der Waals surface area contributed by atoms with Crippen LogP contribution in [0.4, 0.5) is 0 Å². The highest BCUT2D eigenvalue weighted by Gasteiger charge is 2.50. The summed E-state index contributed by atoms with van der Waals surface area (Å²) in [6, 6.07) is 2.28. The first kappa shape index (κ1) is 11.4. The number of aromatic nitrogens is 2. The van der Waals surface area contributed by atoms with Crippen molar-refractivity contribution in [2.45, 2.75) is 50.6 Å². The Morgan fingerprint density at radius 3 is 2.40 bits per heavy atom. The third-order valence-electron chi connectivity index (χ3n) is 6.09. The van der Waals surface area contributed by atoms with Crippen molar-refractivity contribution in [1.82, 2.24) is 15.3 Å². The number of hydrogen-bond donors (Lipinski definition) is 3. The van der Waals surface area contributed by atoms with Crippen molar-refractivity contribution in [2.24, 2.45) is 17.8 Å². The van der Waals surface area contributed by atoms with Gasteiger partial charge in [-0.2, -0.15) is 0 Å². The molecule has 2 aromatic rings. The second-order valence-electron chi connectivity index (χ2n) is 7.67. The van der Waals surface area contributed by atoms with Crippen molar-refractivity contribution in [3.8, 4) is 0 Å². The van der Waals surface area contributed by atoms with Gasteiger partial charge in [-0.05, 0) is 62.3 Å². The van der Waals surface area contributed by atoms with E-state index in [0.717, 1.165) is 24.3 Å². The maximum absolute atomic E-state index is 3.95. The van der Waals surface area contributed by atoms with Gasteiger partial charge in [0, 0.05) is 35.6 Å². The van der Waals surface area contributed by atoms with Crippen molar-refractivity contribution in [2.75, 3.05) is 0 Å². The van der Waals surface area contributed by atoms with E-state index in [1.54, 1.807) is 0 Å². The van der Waals surface area contributed by atoms with Crippen LogP contribution < -0.4 is 5.32 Å². The first-order valence-corrected chi connectivity index (χ1v) is 8.17. The molecule has 3 N–H and O–H groups in total. The minimum atomic E-state index is 0.468. The molecule has 0 aliphatic heterocycles. The second-order valence-corrected chi connectivity index (χ2v) is 7.67. The van der Waals surface area contributed by atoms with Crippen molar-refractivity contribution in [3.05, 3.63) is 24.2 Å². The van der Waals surface area contributed by atoms with Crippen LogP contribution in [-0.2, 0) is 6.54 Å². The molecule has 0 spiro atoms. The average molecular weight is 269 g/mol. The predicted octanol–water partition coefficient (Wildman–Crippen LogP) is 3.55. The molecule has 4 saturated carbocycles. The minimum Gasteiger partial charge on any atom is -0.365 e. The van der Waals surface area contributed by atoms with Crippen LogP contribution in [0.2, 0.25) is 0 Å². The standard InChI is InChI=1S/C17H23N3/c1-11-2-13-3-12(1)6-17(5-11,7-13)19-9-15-4-14-8-18-10-16(14)20-15/h4,8,10-13,18-20H,1-3,5-7,9H2. The van der Waals surface area contributed by atoms with E-state index in [-0.39, 0.29) is 0 Å². The Kier molecular flexibility index (Phi) is 2.24. The van der Waals surface area contributed by atoms with Gasteiger partial charge in [-0.1, -0.05) is 0 Å². The number of aromatic amines is 2. The van der Waals surface area contributed by atoms with Gasteiger partial charge in [-0.25, -0.2) is 0 Å². The Labute approximate surface area is 119 Å². The Balaban J connectivity index is 1.35. The summed E-state index contributed by atoms with van der Waals surface area (Å²) in [4.78, 5) is 6.66. The number of fused-ring (bicyclic) bond motifs is 1. The fourth-order valence-corrected chi connectivity index (χ4v) is 5.71. The van der Waals surface area contributed by atoms with Crippen LogP contribution in [-0.4, -0.2) is 15.5 Å². The summed E-state index contributed by atoms with van der Waals surface area (Å²) in [5.41, 5.74) is 3.03. The van der Waals surface area contributed by atoms with Crippen LogP contribution in [0.3, 0.4) is 0 Å². The molecule has 3 heteroatoms. The van der Waals surface area contributed by atoms with E-state index in [0.29, 0.717) is 5.54 Å². The summed E-state index contributed by atoms with van der Waals surface area (Å²) in [6.07, 6.45) is 13.0. The van der Waals surface area contributed by atoms with Crippen molar-refractivity contribution < 1.29 is 0 Å². The molecule has 4 bridgehead atoms. The normalized spacial score (nSPS) is 38.9. The van der Waals surface area contributed by atoms with E-state index < -0.39 is 0 Å². The summed E-state index contributed by atoms with van der Waals surface area (Å²) in [6.45, 7) is 1.00. The molecule has 2 aromatic heterocycles. The molecule has 0 saturated heterocycles. The third-order valence-corrected chi connectivity index (χ3v) is 6.09. The Morgan fingerprint density at radius 1 is 1.05 bits per heavy atom. The predicted molar refractivity (Wildman–Crippen MR) is 80.4 cm³/mol. The lowest BCUT2D eigenvalue weighted by atomic mass is 9.53. The van der Waals surface area contributed by atoms with Gasteiger partial charge in [-0.3, -0.25) is 0 Å². The third kappa shape index (κ3) is 1.69. The van der Waals surface area contributed by atoms with E-state index in [1.165, 1.54) is 55.1 Å². The molecule has 0 amide bonds. The second kappa shape index (κ2) is 3.91. The molecule has 0 atom stereocenters. The van der Waals surface area contributed by atoms with Gasteiger partial charge < -0.3 is 15.3 Å². The van der Waals surface area contributed by atoms with Gasteiger partial charge in [0.1, 0.15) is 0 Å². The van der Waals surface area contributed by atoms with Crippen molar-refractivity contribution in [1.29, 1.82) is 0 Å². The molecule has 0 unspecified atom stereocenters. The first-order valence-electron chi connectivity index (χ1n) is 8.17. The molecular weight excluding hydrogens is 246 g/mol. The van der Waals surface area contributed by atoms with E-state index >= 15 is 0 Å². The summed E-state index contributed by atoms with van der Waals surface area (Å²) in [5, 5.41) is 5.25. The lowest BCUT2D eigenvalue weighted by molar-refractivity contribution is -0.0207. The Hall–Kier alpha value is -1.22. The topological polar surface area (TPSA) is 43.6 Å². The highest BCUT2D eigenvalue weighted by molar-refractivity contribution is 5.79. The quantitative estimate of drug-likeness (QED) is 0.784. The molecule has 4 fully saturated rings. The van der Waals surface area contributed by atoms with Gasteiger partial charge in [0.25, 0.3) is 0 Å². The minimum absolute atomic E-state index is 0.468.